The Hall–Kier alpha value is -5.62. The first kappa shape index (κ1) is 30.8. The number of hydrogen-bond acceptors (Lipinski definition) is 6. The second kappa shape index (κ2) is 14.7. The van der Waals surface area contributed by atoms with Gasteiger partial charge in [0.2, 0.25) is 0 Å². The van der Waals surface area contributed by atoms with Gasteiger partial charge >= 0.3 is 0 Å². The van der Waals surface area contributed by atoms with E-state index in [-0.39, 0.29) is 28.6 Å². The number of ketones is 2. The molecule has 0 saturated carbocycles. The van der Waals surface area contributed by atoms with Crippen LogP contribution >= 0.6 is 0 Å². The van der Waals surface area contributed by atoms with Gasteiger partial charge in [-0.1, -0.05) is 85.0 Å². The largest absolute Gasteiger partial charge is 0.455 e. The number of nitrogens with one attached hydrogen (secondary N) is 2. The number of ether oxygens (including phenoxy) is 2. The van der Waals surface area contributed by atoms with Crippen molar-refractivity contribution in [3.63, 3.8) is 0 Å². The van der Waals surface area contributed by atoms with E-state index < -0.39 is 0 Å². The third kappa shape index (κ3) is 7.48. The summed E-state index contributed by atoms with van der Waals surface area (Å²) >= 11 is 0. The van der Waals surface area contributed by atoms with Crippen LogP contribution in [-0.4, -0.2) is 11.6 Å². The Morgan fingerprint density at radius 2 is 0.800 bits per heavy atom. The predicted molar refractivity (Wildman–Crippen MR) is 175 cm³/mol. The molecule has 0 unspecified atom stereocenters. The number of para-hydroxylation sites is 6. The van der Waals surface area contributed by atoms with Crippen LogP contribution in [0, 0.1) is 0 Å². The van der Waals surface area contributed by atoms with Crippen molar-refractivity contribution in [1.29, 1.82) is 0 Å². The number of allylic oxidation sites excluding steroid dienone is 10. The smallest absolute Gasteiger partial charge is 0.187 e. The number of carbonyl (C=O) groups is 2. The molecule has 4 aromatic rings. The summed E-state index contributed by atoms with van der Waals surface area (Å²) in [5, 5.41) is 6.45. The fraction of sp³-hybridized carbons (Fsp3) is 0. The molecule has 2 aliphatic rings. The first-order valence-electron chi connectivity index (χ1n) is 14.1. The molecule has 0 atom stereocenters. The Labute approximate surface area is 272 Å². The molecule has 4 aromatic carbocycles. The molecule has 1 radical (unpaired) electrons. The number of benzene rings is 4. The van der Waals surface area contributed by atoms with E-state index >= 15 is 0 Å². The topological polar surface area (TPSA) is 76.7 Å². The second-order valence-corrected chi connectivity index (χ2v) is 9.84. The van der Waals surface area contributed by atoms with Gasteiger partial charge in [0.25, 0.3) is 0 Å². The summed E-state index contributed by atoms with van der Waals surface area (Å²) in [4.78, 5) is 24.4. The van der Waals surface area contributed by atoms with Gasteiger partial charge in [0.05, 0.1) is 11.4 Å². The number of rotatable bonds is 9. The molecular weight excluding hydrogens is 603 g/mol. The molecule has 0 fully saturated rings. The summed E-state index contributed by atoms with van der Waals surface area (Å²) < 4.78 is 13.0. The van der Waals surface area contributed by atoms with E-state index in [9.17, 15) is 9.59 Å². The summed E-state index contributed by atoms with van der Waals surface area (Å²) in [7, 11) is 0. The minimum atomic E-state index is -0.0646. The van der Waals surface area contributed by atoms with Gasteiger partial charge in [-0.05, 0) is 60.7 Å². The van der Waals surface area contributed by atoms with Gasteiger partial charge < -0.3 is 20.1 Å². The Morgan fingerprint density at radius 3 is 1.22 bits per heavy atom. The van der Waals surface area contributed by atoms with Crippen molar-refractivity contribution in [2.45, 2.75) is 0 Å². The molecule has 6 rings (SSSR count). The van der Waals surface area contributed by atoms with E-state index in [1.54, 1.807) is 36.7 Å². The fourth-order valence-electron chi connectivity index (χ4n) is 4.65. The van der Waals surface area contributed by atoms with Crippen LogP contribution < -0.4 is 20.1 Å². The zero-order chi connectivity index (χ0) is 30.1. The molecule has 45 heavy (non-hydrogen) atoms. The van der Waals surface area contributed by atoms with Crippen LogP contribution in [0.25, 0.3) is 11.1 Å². The molecule has 7 heteroatoms. The summed E-state index contributed by atoms with van der Waals surface area (Å²) in [6, 6.07) is 30.6. The van der Waals surface area contributed by atoms with E-state index in [2.05, 4.69) is 10.6 Å². The maximum Gasteiger partial charge on any atom is 0.187 e. The third-order valence-corrected chi connectivity index (χ3v) is 6.88. The molecular formula is C38H28MnN2O4. The van der Waals surface area contributed by atoms with Crippen molar-refractivity contribution in [1.82, 2.24) is 0 Å². The summed E-state index contributed by atoms with van der Waals surface area (Å²) in [5.74, 6) is 2.33. The van der Waals surface area contributed by atoms with Crippen LogP contribution in [0.5, 0.6) is 23.0 Å². The normalized spacial score (nSPS) is 15.2. The first-order valence-corrected chi connectivity index (χ1v) is 14.1. The third-order valence-electron chi connectivity index (χ3n) is 6.88. The Balaban J connectivity index is 0.00000400. The fourth-order valence-corrected chi connectivity index (χ4v) is 4.65. The van der Waals surface area contributed by atoms with E-state index in [0.717, 1.165) is 11.1 Å². The maximum atomic E-state index is 12.2. The van der Waals surface area contributed by atoms with Crippen LogP contribution in [0.3, 0.4) is 0 Å². The van der Waals surface area contributed by atoms with Crippen molar-refractivity contribution in [2.24, 2.45) is 0 Å². The number of anilines is 2. The van der Waals surface area contributed by atoms with Crippen molar-refractivity contribution >= 4 is 22.9 Å². The molecule has 0 aromatic heterocycles. The number of hydrogen-bond donors (Lipinski definition) is 2. The first-order chi connectivity index (χ1) is 21.7. The SMILES string of the molecule is O=C1C=CC=C/C1=C/Nc1ccccc1Oc1ccccc1-c1ccccc1Oc1ccccc1N/C=C1\C=CC=CC1=O.[Mn]. The zero-order valence-corrected chi connectivity index (χ0v) is 25.2. The van der Waals surface area contributed by atoms with Gasteiger partial charge in [-0.15, -0.1) is 0 Å². The van der Waals surface area contributed by atoms with Crippen molar-refractivity contribution in [3.05, 3.63) is 169 Å². The molecule has 0 amide bonds. The Bertz CT molecular complexity index is 1780. The molecule has 2 N–H and O–H groups in total. The summed E-state index contributed by atoms with van der Waals surface area (Å²) in [6.07, 6.45) is 17.0. The van der Waals surface area contributed by atoms with E-state index in [0.29, 0.717) is 45.5 Å². The van der Waals surface area contributed by atoms with Gasteiger partial charge in [-0.2, -0.15) is 0 Å². The average Bonchev–Trinajstić information content (AvgIpc) is 3.06. The quantitative estimate of drug-likeness (QED) is 0.142. The van der Waals surface area contributed by atoms with Crippen molar-refractivity contribution < 1.29 is 36.1 Å². The van der Waals surface area contributed by atoms with E-state index in [1.165, 1.54) is 12.2 Å². The molecule has 2 aliphatic carbocycles. The standard InChI is InChI=1S/C38H28N2O4.Mn/c41-33-19-7-1-13-27(33)25-39-31-17-5-11-23-37(31)43-35-21-9-3-15-29(35)30-16-4-10-22-36(30)44-38-24-12-6-18-32(38)40-26-28-14-2-8-20-34(28)42;/h1-26,39-40H;/b27-25-,28-26+;. The van der Waals surface area contributed by atoms with Crippen molar-refractivity contribution in [3.8, 4) is 34.1 Å². The Kier molecular flexibility index (Phi) is 10.1. The molecule has 0 spiro atoms. The second-order valence-electron chi connectivity index (χ2n) is 9.84. The minimum absolute atomic E-state index is 0. The molecule has 0 aliphatic heterocycles. The maximum absolute atomic E-state index is 12.2. The van der Waals surface area contributed by atoms with Crippen molar-refractivity contribution in [2.75, 3.05) is 10.6 Å². The van der Waals surface area contributed by atoms with Crippen LogP contribution in [-0.2, 0) is 26.7 Å². The average molecular weight is 632 g/mol. The van der Waals surface area contributed by atoms with Gasteiger partial charge in [-0.3, -0.25) is 9.59 Å². The predicted octanol–water partition coefficient (Wildman–Crippen LogP) is 8.92. The molecule has 6 nitrogen and oxygen atoms in total. The van der Waals surface area contributed by atoms with Gasteiger partial charge in [-0.25, -0.2) is 0 Å². The number of carbonyl (C=O) groups excluding carboxylic acids is 2. The molecule has 0 bridgehead atoms. The van der Waals surface area contributed by atoms with Crippen LogP contribution in [0.15, 0.2) is 169 Å². The van der Waals surface area contributed by atoms with Gasteiger partial charge in [0.15, 0.2) is 23.1 Å². The van der Waals surface area contributed by atoms with Crippen LogP contribution in [0.4, 0.5) is 11.4 Å². The summed E-state index contributed by atoms with van der Waals surface area (Å²) in [6.45, 7) is 0. The molecule has 0 saturated heterocycles. The van der Waals surface area contributed by atoms with E-state index in [4.69, 9.17) is 9.47 Å². The molecule has 221 valence electrons. The minimum Gasteiger partial charge on any atom is -0.455 e. The Morgan fingerprint density at radius 1 is 0.444 bits per heavy atom. The molecule has 0 heterocycles. The van der Waals surface area contributed by atoms with Gasteiger partial charge in [0, 0.05) is 51.7 Å². The van der Waals surface area contributed by atoms with Gasteiger partial charge in [0.1, 0.15) is 11.5 Å². The van der Waals surface area contributed by atoms with Crippen LogP contribution in [0.2, 0.25) is 0 Å². The monoisotopic (exact) mass is 631 g/mol. The summed E-state index contributed by atoms with van der Waals surface area (Å²) in [5.41, 5.74) is 4.21. The zero-order valence-electron chi connectivity index (χ0n) is 24.0. The van der Waals surface area contributed by atoms with E-state index in [1.807, 2.05) is 109 Å². The van der Waals surface area contributed by atoms with Crippen LogP contribution in [0.1, 0.15) is 0 Å².